The van der Waals surface area contributed by atoms with Gasteiger partial charge in [0.15, 0.2) is 5.78 Å². The van der Waals surface area contributed by atoms with Gasteiger partial charge in [0.05, 0.1) is 19.2 Å². The van der Waals surface area contributed by atoms with Crippen LogP contribution >= 0.6 is 0 Å². The first-order valence-electron chi connectivity index (χ1n) is 9.45. The second kappa shape index (κ2) is 8.28. The number of hydrogen-bond donors (Lipinski definition) is 3. The Morgan fingerprint density at radius 3 is 2.52 bits per heavy atom. The normalized spacial score (nSPS) is 16.2. The maximum atomic E-state index is 12.5. The van der Waals surface area contributed by atoms with E-state index in [0.29, 0.717) is 18.7 Å². The molecule has 1 aliphatic heterocycles. The van der Waals surface area contributed by atoms with Crippen LogP contribution < -0.4 is 10.6 Å². The molecule has 3 aromatic rings. The van der Waals surface area contributed by atoms with Crippen molar-refractivity contribution in [1.82, 2.24) is 15.6 Å². The zero-order chi connectivity index (χ0) is 20.2. The molecule has 1 aliphatic rings. The van der Waals surface area contributed by atoms with E-state index in [-0.39, 0.29) is 18.2 Å². The lowest BCUT2D eigenvalue weighted by atomic mass is 10.0. The Morgan fingerprint density at radius 1 is 1.07 bits per heavy atom. The third-order valence-corrected chi connectivity index (χ3v) is 4.80. The number of hydrogen-bond acceptors (Lipinski definition) is 4. The molecular formula is C22H21N3O4. The summed E-state index contributed by atoms with van der Waals surface area (Å²) in [5.74, 6) is -0.957. The van der Waals surface area contributed by atoms with Crippen molar-refractivity contribution in [3.63, 3.8) is 0 Å². The van der Waals surface area contributed by atoms with Crippen LogP contribution in [0.15, 0.2) is 60.7 Å². The van der Waals surface area contributed by atoms with Crippen molar-refractivity contribution in [2.45, 2.75) is 18.6 Å². The fraction of sp³-hybridized carbons (Fsp3) is 0.227. The van der Waals surface area contributed by atoms with E-state index in [9.17, 15) is 14.4 Å². The zero-order valence-electron chi connectivity index (χ0n) is 15.7. The molecule has 1 saturated heterocycles. The second-order valence-corrected chi connectivity index (χ2v) is 6.99. The minimum atomic E-state index is -0.692. The molecule has 29 heavy (non-hydrogen) atoms. The average molecular weight is 391 g/mol. The Labute approximate surface area is 167 Å². The molecule has 7 nitrogen and oxygen atoms in total. The Balaban J connectivity index is 1.35. The van der Waals surface area contributed by atoms with Gasteiger partial charge in [-0.2, -0.15) is 0 Å². The summed E-state index contributed by atoms with van der Waals surface area (Å²) < 4.78 is 5.08. The number of carbonyl (C=O) groups excluding carboxylic acids is 3. The van der Waals surface area contributed by atoms with Gasteiger partial charge < -0.3 is 20.4 Å². The van der Waals surface area contributed by atoms with Crippen LogP contribution in [0, 0.1) is 0 Å². The largest absolute Gasteiger partial charge is 0.365 e. The van der Waals surface area contributed by atoms with Gasteiger partial charge in [0, 0.05) is 10.9 Å². The minimum Gasteiger partial charge on any atom is -0.365 e. The van der Waals surface area contributed by atoms with Crippen LogP contribution in [0.1, 0.15) is 16.1 Å². The van der Waals surface area contributed by atoms with Gasteiger partial charge in [-0.05, 0) is 24.1 Å². The van der Waals surface area contributed by atoms with E-state index in [4.69, 9.17) is 4.74 Å². The van der Waals surface area contributed by atoms with Gasteiger partial charge in [0.25, 0.3) is 5.91 Å². The Hall–Kier alpha value is -3.45. The third kappa shape index (κ3) is 4.70. The fourth-order valence-corrected chi connectivity index (χ4v) is 3.21. The van der Waals surface area contributed by atoms with Gasteiger partial charge in [-0.3, -0.25) is 14.4 Å². The number of aromatic nitrogens is 1. The van der Waals surface area contributed by atoms with Crippen LogP contribution in [0.3, 0.4) is 0 Å². The molecular weight excluding hydrogens is 370 g/mol. The molecule has 148 valence electrons. The molecule has 0 radical (unpaired) electrons. The van der Waals surface area contributed by atoms with E-state index >= 15 is 0 Å². The van der Waals surface area contributed by atoms with E-state index in [1.165, 1.54) is 0 Å². The van der Waals surface area contributed by atoms with E-state index in [1.807, 2.05) is 54.6 Å². The number of rotatable bonds is 8. The highest BCUT2D eigenvalue weighted by Crippen LogP contribution is 2.16. The number of ketones is 1. The number of ether oxygens (including phenoxy) is 1. The van der Waals surface area contributed by atoms with Gasteiger partial charge in [0.2, 0.25) is 5.91 Å². The van der Waals surface area contributed by atoms with Gasteiger partial charge >= 0.3 is 0 Å². The van der Waals surface area contributed by atoms with E-state index in [1.54, 1.807) is 6.07 Å². The number of epoxide rings is 1. The van der Waals surface area contributed by atoms with Crippen molar-refractivity contribution >= 4 is 28.5 Å². The number of para-hydroxylation sites is 1. The number of amides is 2. The number of aromatic amines is 1. The molecule has 2 atom stereocenters. The van der Waals surface area contributed by atoms with Crippen LogP contribution in [0.2, 0.25) is 0 Å². The van der Waals surface area contributed by atoms with Gasteiger partial charge in [-0.15, -0.1) is 0 Å². The van der Waals surface area contributed by atoms with E-state index in [2.05, 4.69) is 15.6 Å². The summed E-state index contributed by atoms with van der Waals surface area (Å²) in [6, 6.07) is 18.0. The van der Waals surface area contributed by atoms with E-state index < -0.39 is 18.1 Å². The first kappa shape index (κ1) is 18.9. The first-order chi connectivity index (χ1) is 14.1. The molecule has 0 spiro atoms. The number of nitrogens with one attached hydrogen (secondary N) is 3. The molecule has 1 fully saturated rings. The molecule has 1 aromatic heterocycles. The van der Waals surface area contributed by atoms with Crippen LogP contribution in [0.5, 0.6) is 0 Å². The van der Waals surface area contributed by atoms with Gasteiger partial charge in [-0.1, -0.05) is 48.5 Å². The molecule has 0 aliphatic carbocycles. The Bertz CT molecular complexity index is 1010. The molecule has 0 saturated carbocycles. The third-order valence-electron chi connectivity index (χ3n) is 4.80. The number of fused-ring (bicyclic) bond motifs is 1. The lowest BCUT2D eigenvalue weighted by Crippen LogP contribution is -2.48. The van der Waals surface area contributed by atoms with Crippen LogP contribution in [0.25, 0.3) is 10.9 Å². The highest BCUT2D eigenvalue weighted by Gasteiger charge is 2.37. The summed E-state index contributed by atoms with van der Waals surface area (Å²) in [6.07, 6.45) is -0.0775. The molecule has 4 rings (SSSR count). The average Bonchev–Trinajstić information content (AvgIpc) is 3.50. The Kier molecular flexibility index (Phi) is 5.39. The molecule has 2 heterocycles. The number of H-pyrrole nitrogens is 1. The SMILES string of the molecule is O=C(CNC(=O)c1cc2ccccc2[nH]1)NC(Cc1ccccc1)C(=O)C1CO1. The van der Waals surface area contributed by atoms with E-state index in [0.717, 1.165) is 16.5 Å². The Morgan fingerprint density at radius 2 is 1.79 bits per heavy atom. The lowest BCUT2D eigenvalue weighted by Gasteiger charge is -2.17. The molecule has 3 N–H and O–H groups in total. The van der Waals surface area contributed by atoms with Crippen LogP contribution in [-0.2, 0) is 20.7 Å². The maximum absolute atomic E-state index is 12.5. The van der Waals surface area contributed by atoms with Gasteiger partial charge in [0.1, 0.15) is 11.8 Å². The molecule has 2 aromatic carbocycles. The molecule has 7 heteroatoms. The second-order valence-electron chi connectivity index (χ2n) is 6.99. The quantitative estimate of drug-likeness (QED) is 0.507. The van der Waals surface area contributed by atoms with Gasteiger partial charge in [-0.25, -0.2) is 0 Å². The summed E-state index contributed by atoms with van der Waals surface area (Å²) >= 11 is 0. The maximum Gasteiger partial charge on any atom is 0.268 e. The summed E-state index contributed by atoms with van der Waals surface area (Å²) in [7, 11) is 0. The molecule has 2 unspecified atom stereocenters. The smallest absolute Gasteiger partial charge is 0.268 e. The highest BCUT2D eigenvalue weighted by molar-refractivity contribution is 6.00. The number of benzene rings is 2. The first-order valence-corrected chi connectivity index (χ1v) is 9.45. The summed E-state index contributed by atoms with van der Waals surface area (Å²) in [5, 5.41) is 6.23. The number of carbonyl (C=O) groups is 3. The predicted octanol–water partition coefficient (Wildman–Crippen LogP) is 1.59. The zero-order valence-corrected chi connectivity index (χ0v) is 15.7. The van der Waals surface area contributed by atoms with Crippen molar-refractivity contribution in [3.8, 4) is 0 Å². The van der Waals surface area contributed by atoms with Crippen molar-refractivity contribution in [2.75, 3.05) is 13.2 Å². The molecule has 0 bridgehead atoms. The monoisotopic (exact) mass is 391 g/mol. The topological polar surface area (TPSA) is 104 Å². The summed E-state index contributed by atoms with van der Waals surface area (Å²) in [5.41, 5.74) is 2.16. The predicted molar refractivity (Wildman–Crippen MR) is 107 cm³/mol. The van der Waals surface area contributed by atoms with Crippen molar-refractivity contribution < 1.29 is 19.1 Å². The van der Waals surface area contributed by atoms with Crippen LogP contribution in [-0.4, -0.2) is 47.9 Å². The fourth-order valence-electron chi connectivity index (χ4n) is 3.21. The lowest BCUT2D eigenvalue weighted by molar-refractivity contribution is -0.127. The number of Topliss-reactive ketones (excluding diaryl/α,β-unsaturated/α-hetero) is 1. The minimum absolute atomic E-state index is 0.149. The molecule has 2 amide bonds. The van der Waals surface area contributed by atoms with Crippen molar-refractivity contribution in [3.05, 3.63) is 71.9 Å². The van der Waals surface area contributed by atoms with Crippen LogP contribution in [0.4, 0.5) is 0 Å². The van der Waals surface area contributed by atoms with Crippen molar-refractivity contribution in [1.29, 1.82) is 0 Å². The standard InChI is InChI=1S/C22H21N3O4/c26-20(12-23-22(28)18-11-15-8-4-5-9-16(15)24-18)25-17(21(27)19-13-29-19)10-14-6-2-1-3-7-14/h1-9,11,17,19,24H,10,12-13H2,(H,23,28)(H,25,26). The highest BCUT2D eigenvalue weighted by atomic mass is 16.6. The summed E-state index contributed by atoms with van der Waals surface area (Å²) in [4.78, 5) is 40.2. The summed E-state index contributed by atoms with van der Waals surface area (Å²) in [6.45, 7) is 0.162. The van der Waals surface area contributed by atoms with Crippen molar-refractivity contribution in [2.24, 2.45) is 0 Å².